The zero-order valence-electron chi connectivity index (χ0n) is 13.4. The Balaban J connectivity index is 1.85. The average Bonchev–Trinajstić information content (AvgIpc) is 2.63. The number of pyridine rings is 1. The van der Waals surface area contributed by atoms with Crippen LogP contribution in [0, 0.1) is 0 Å². The molecule has 0 unspecified atom stereocenters. The van der Waals surface area contributed by atoms with E-state index in [0.29, 0.717) is 18.0 Å². The lowest BCUT2D eigenvalue weighted by Crippen LogP contribution is -2.32. The maximum absolute atomic E-state index is 12.9. The number of hydrogen-bond acceptors (Lipinski definition) is 2. The van der Waals surface area contributed by atoms with Crippen LogP contribution in [0.5, 0.6) is 0 Å². The predicted molar refractivity (Wildman–Crippen MR) is 105 cm³/mol. The third-order valence-corrected chi connectivity index (χ3v) is 4.53. The van der Waals surface area contributed by atoms with Crippen LogP contribution in [0.1, 0.15) is 11.3 Å². The molecular formula is C20H16BrClN2O. The summed E-state index contributed by atoms with van der Waals surface area (Å²) in [5.41, 5.74) is 2.61. The van der Waals surface area contributed by atoms with Gasteiger partial charge in [0.05, 0.1) is 18.7 Å². The number of halogens is 2. The molecule has 0 radical (unpaired) electrons. The Kier molecular flexibility index (Phi) is 5.84. The van der Waals surface area contributed by atoms with Crippen molar-refractivity contribution in [2.24, 2.45) is 0 Å². The van der Waals surface area contributed by atoms with Crippen LogP contribution in [0.3, 0.4) is 0 Å². The zero-order chi connectivity index (χ0) is 17.6. The highest BCUT2D eigenvalue weighted by atomic mass is 79.9. The van der Waals surface area contributed by atoms with Crippen LogP contribution in [0.25, 0.3) is 0 Å². The summed E-state index contributed by atoms with van der Waals surface area (Å²) in [6, 6.07) is 20.8. The number of aromatic nitrogens is 1. The van der Waals surface area contributed by atoms with Gasteiger partial charge in [-0.3, -0.25) is 9.78 Å². The normalized spacial score (nSPS) is 10.5. The molecule has 0 fully saturated rings. The first-order chi connectivity index (χ1) is 12.1. The number of rotatable bonds is 5. The average molecular weight is 416 g/mol. The van der Waals surface area contributed by atoms with E-state index in [1.807, 2.05) is 54.6 Å². The lowest BCUT2D eigenvalue weighted by molar-refractivity contribution is -0.118. The van der Waals surface area contributed by atoms with Crippen LogP contribution < -0.4 is 4.90 Å². The van der Waals surface area contributed by atoms with Gasteiger partial charge in [0.1, 0.15) is 0 Å². The molecule has 1 heterocycles. The summed E-state index contributed by atoms with van der Waals surface area (Å²) < 4.78 is 0.971. The highest BCUT2D eigenvalue weighted by molar-refractivity contribution is 9.10. The van der Waals surface area contributed by atoms with Gasteiger partial charge in [-0.1, -0.05) is 45.7 Å². The number of benzene rings is 2. The maximum atomic E-state index is 12.9. The molecule has 0 aliphatic carbocycles. The summed E-state index contributed by atoms with van der Waals surface area (Å²) in [6.45, 7) is 0.425. The summed E-state index contributed by atoms with van der Waals surface area (Å²) in [6.07, 6.45) is 2.04. The van der Waals surface area contributed by atoms with E-state index < -0.39 is 0 Å². The topological polar surface area (TPSA) is 33.2 Å². The van der Waals surface area contributed by atoms with Gasteiger partial charge in [0, 0.05) is 21.4 Å². The van der Waals surface area contributed by atoms with Crippen molar-refractivity contribution in [2.75, 3.05) is 4.90 Å². The number of anilines is 1. The quantitative estimate of drug-likeness (QED) is 0.568. The van der Waals surface area contributed by atoms with Crippen molar-refractivity contribution in [1.82, 2.24) is 4.98 Å². The molecule has 126 valence electrons. The lowest BCUT2D eigenvalue weighted by Gasteiger charge is -2.23. The van der Waals surface area contributed by atoms with Crippen LogP contribution in [0.15, 0.2) is 77.4 Å². The second-order valence-corrected chi connectivity index (χ2v) is 6.93. The van der Waals surface area contributed by atoms with Crippen molar-refractivity contribution >= 4 is 39.1 Å². The third-order valence-electron chi connectivity index (χ3n) is 3.75. The molecule has 1 amide bonds. The molecule has 0 bridgehead atoms. The van der Waals surface area contributed by atoms with Gasteiger partial charge < -0.3 is 4.90 Å². The van der Waals surface area contributed by atoms with Crippen molar-refractivity contribution in [1.29, 1.82) is 0 Å². The van der Waals surface area contributed by atoms with Gasteiger partial charge in [0.25, 0.3) is 0 Å². The Morgan fingerprint density at radius 2 is 1.72 bits per heavy atom. The number of hydrogen-bond donors (Lipinski definition) is 0. The van der Waals surface area contributed by atoms with Gasteiger partial charge in [-0.05, 0) is 54.1 Å². The first kappa shape index (κ1) is 17.6. The molecule has 0 saturated heterocycles. The molecule has 3 aromatic rings. The highest BCUT2D eigenvalue weighted by Crippen LogP contribution is 2.21. The molecule has 0 aliphatic heterocycles. The zero-order valence-corrected chi connectivity index (χ0v) is 15.7. The van der Waals surface area contributed by atoms with E-state index in [4.69, 9.17) is 11.6 Å². The molecule has 1 aromatic heterocycles. The summed E-state index contributed by atoms with van der Waals surface area (Å²) in [4.78, 5) is 19.0. The molecule has 25 heavy (non-hydrogen) atoms. The van der Waals surface area contributed by atoms with E-state index in [9.17, 15) is 4.79 Å². The fraction of sp³-hybridized carbons (Fsp3) is 0.100. The number of nitrogens with zero attached hydrogens (tertiary/aromatic N) is 2. The minimum Gasteiger partial charge on any atom is -0.306 e. The molecule has 0 N–H and O–H groups in total. The molecule has 2 aromatic carbocycles. The smallest absolute Gasteiger partial charge is 0.231 e. The van der Waals surface area contributed by atoms with E-state index in [0.717, 1.165) is 21.4 Å². The summed E-state index contributed by atoms with van der Waals surface area (Å²) >= 11 is 9.35. The molecular weight excluding hydrogens is 400 g/mol. The molecule has 0 saturated carbocycles. The number of amides is 1. The van der Waals surface area contributed by atoms with Crippen molar-refractivity contribution in [3.8, 4) is 0 Å². The number of carbonyl (C=O) groups is 1. The summed E-state index contributed by atoms with van der Waals surface area (Å²) in [5.74, 6) is 0.00954. The van der Waals surface area contributed by atoms with Crippen molar-refractivity contribution in [3.63, 3.8) is 0 Å². The summed E-state index contributed by atoms with van der Waals surface area (Å²) in [5, 5.41) is 0.662. The van der Waals surface area contributed by atoms with Crippen molar-refractivity contribution < 1.29 is 4.79 Å². The minimum absolute atomic E-state index is 0.00954. The highest BCUT2D eigenvalue weighted by Gasteiger charge is 2.17. The maximum Gasteiger partial charge on any atom is 0.231 e. The molecule has 3 nitrogen and oxygen atoms in total. The van der Waals surface area contributed by atoms with Crippen molar-refractivity contribution in [3.05, 3.63) is 93.7 Å². The van der Waals surface area contributed by atoms with Gasteiger partial charge in [0.15, 0.2) is 0 Å². The molecule has 3 rings (SSSR count). The van der Waals surface area contributed by atoms with Gasteiger partial charge in [-0.15, -0.1) is 0 Å². The fourth-order valence-corrected chi connectivity index (χ4v) is 2.86. The van der Waals surface area contributed by atoms with Crippen LogP contribution in [-0.4, -0.2) is 10.9 Å². The molecule has 0 atom stereocenters. The van der Waals surface area contributed by atoms with E-state index in [1.54, 1.807) is 23.2 Å². The second kappa shape index (κ2) is 8.28. The standard InChI is InChI=1S/C20H16BrClN2O/c21-16-6-10-19(11-7-16)24(14-18-3-1-2-12-23-18)20(25)13-15-4-8-17(22)9-5-15/h1-12H,13-14H2. The van der Waals surface area contributed by atoms with E-state index >= 15 is 0 Å². The Labute approximate surface area is 160 Å². The lowest BCUT2D eigenvalue weighted by atomic mass is 10.1. The molecule has 0 spiro atoms. The van der Waals surface area contributed by atoms with Gasteiger partial charge in [0.2, 0.25) is 5.91 Å². The van der Waals surface area contributed by atoms with Crippen LogP contribution in [-0.2, 0) is 17.8 Å². The predicted octanol–water partition coefficient (Wildman–Crippen LogP) is 5.27. The second-order valence-electron chi connectivity index (χ2n) is 5.58. The Bertz CT molecular complexity index is 836. The monoisotopic (exact) mass is 414 g/mol. The van der Waals surface area contributed by atoms with E-state index in [-0.39, 0.29) is 5.91 Å². The number of carbonyl (C=O) groups excluding carboxylic acids is 1. The Morgan fingerprint density at radius 1 is 1.00 bits per heavy atom. The van der Waals surface area contributed by atoms with Gasteiger partial charge in [-0.25, -0.2) is 0 Å². The summed E-state index contributed by atoms with van der Waals surface area (Å²) in [7, 11) is 0. The van der Waals surface area contributed by atoms with E-state index in [2.05, 4.69) is 20.9 Å². The first-order valence-electron chi connectivity index (χ1n) is 7.82. The van der Waals surface area contributed by atoms with Crippen LogP contribution in [0.4, 0.5) is 5.69 Å². The van der Waals surface area contributed by atoms with Crippen LogP contribution >= 0.6 is 27.5 Å². The van der Waals surface area contributed by atoms with Gasteiger partial charge >= 0.3 is 0 Å². The van der Waals surface area contributed by atoms with Crippen molar-refractivity contribution in [2.45, 2.75) is 13.0 Å². The van der Waals surface area contributed by atoms with Gasteiger partial charge in [-0.2, -0.15) is 0 Å². The molecule has 0 aliphatic rings. The first-order valence-corrected chi connectivity index (χ1v) is 8.99. The van der Waals surface area contributed by atoms with Crippen LogP contribution in [0.2, 0.25) is 5.02 Å². The minimum atomic E-state index is 0.00954. The Hall–Kier alpha value is -2.17. The SMILES string of the molecule is O=C(Cc1ccc(Cl)cc1)N(Cc1ccccn1)c1ccc(Br)cc1. The van der Waals surface area contributed by atoms with E-state index in [1.165, 1.54) is 0 Å². The largest absolute Gasteiger partial charge is 0.306 e. The molecule has 5 heteroatoms. The Morgan fingerprint density at radius 3 is 2.36 bits per heavy atom. The fourth-order valence-electron chi connectivity index (χ4n) is 2.47. The third kappa shape index (κ3) is 4.91.